The fourth-order valence-electron chi connectivity index (χ4n) is 2.44. The topological polar surface area (TPSA) is 91.7 Å². The Bertz CT molecular complexity index is 867. The molecule has 0 saturated carbocycles. The SMILES string of the molecule is CCOc1cc(C(=O)OCC(=O)Nc2c(C)nn(C)c2C)ccc1OC(F)F. The Kier molecular flexibility index (Phi) is 6.91. The molecule has 1 amide bonds. The maximum atomic E-state index is 12.4. The Morgan fingerprint density at radius 1 is 1.25 bits per heavy atom. The molecule has 0 atom stereocenters. The number of esters is 1. The van der Waals surface area contributed by atoms with Crippen molar-refractivity contribution < 1.29 is 32.6 Å². The molecule has 0 aliphatic heterocycles. The number of alkyl halides is 2. The molecule has 0 aliphatic rings. The molecule has 0 bridgehead atoms. The Morgan fingerprint density at radius 3 is 2.54 bits per heavy atom. The minimum absolute atomic E-state index is 0.0247. The Labute approximate surface area is 160 Å². The van der Waals surface area contributed by atoms with Crippen LogP contribution in [0.25, 0.3) is 0 Å². The van der Waals surface area contributed by atoms with E-state index in [1.54, 1.807) is 32.5 Å². The highest BCUT2D eigenvalue weighted by molar-refractivity contribution is 5.96. The second-order valence-corrected chi connectivity index (χ2v) is 5.77. The van der Waals surface area contributed by atoms with E-state index >= 15 is 0 Å². The van der Waals surface area contributed by atoms with Crippen LogP contribution in [0.15, 0.2) is 18.2 Å². The number of amides is 1. The lowest BCUT2D eigenvalue weighted by Gasteiger charge is -2.12. The number of anilines is 1. The minimum atomic E-state index is -3.03. The monoisotopic (exact) mass is 397 g/mol. The Hall–Kier alpha value is -3.17. The van der Waals surface area contributed by atoms with Gasteiger partial charge < -0.3 is 19.5 Å². The second-order valence-electron chi connectivity index (χ2n) is 5.77. The predicted molar refractivity (Wildman–Crippen MR) is 95.8 cm³/mol. The quantitative estimate of drug-likeness (QED) is 0.689. The van der Waals surface area contributed by atoms with E-state index in [0.717, 1.165) is 5.69 Å². The van der Waals surface area contributed by atoms with Crippen LogP contribution in [0, 0.1) is 13.8 Å². The fraction of sp³-hybridized carbons (Fsp3) is 0.389. The number of halogens is 2. The minimum Gasteiger partial charge on any atom is -0.490 e. The first kappa shape index (κ1) is 21.1. The first-order chi connectivity index (χ1) is 13.2. The molecule has 152 valence electrons. The number of rotatable bonds is 8. The van der Waals surface area contributed by atoms with Crippen molar-refractivity contribution in [3.05, 3.63) is 35.2 Å². The van der Waals surface area contributed by atoms with Crippen LogP contribution < -0.4 is 14.8 Å². The zero-order chi connectivity index (χ0) is 20.8. The van der Waals surface area contributed by atoms with Crippen LogP contribution >= 0.6 is 0 Å². The first-order valence-electron chi connectivity index (χ1n) is 8.41. The Balaban J connectivity index is 2.02. The van der Waals surface area contributed by atoms with E-state index in [0.29, 0.717) is 11.4 Å². The molecule has 0 fully saturated rings. The molecule has 1 heterocycles. The zero-order valence-corrected chi connectivity index (χ0v) is 15.9. The van der Waals surface area contributed by atoms with Gasteiger partial charge in [0.05, 0.1) is 29.2 Å². The highest BCUT2D eigenvalue weighted by Gasteiger charge is 2.17. The number of nitrogens with zero attached hydrogens (tertiary/aromatic N) is 2. The molecule has 1 N–H and O–H groups in total. The van der Waals surface area contributed by atoms with Gasteiger partial charge in [0.1, 0.15) is 0 Å². The summed E-state index contributed by atoms with van der Waals surface area (Å²) >= 11 is 0. The van der Waals surface area contributed by atoms with Crippen molar-refractivity contribution in [2.75, 3.05) is 18.5 Å². The normalized spacial score (nSPS) is 10.7. The number of aromatic nitrogens is 2. The van der Waals surface area contributed by atoms with E-state index in [1.165, 1.54) is 18.2 Å². The van der Waals surface area contributed by atoms with Gasteiger partial charge >= 0.3 is 12.6 Å². The number of aryl methyl sites for hydroxylation is 2. The number of nitrogens with one attached hydrogen (secondary N) is 1. The van der Waals surface area contributed by atoms with Gasteiger partial charge in [-0.05, 0) is 39.0 Å². The van der Waals surface area contributed by atoms with E-state index in [9.17, 15) is 18.4 Å². The van der Waals surface area contributed by atoms with E-state index < -0.39 is 25.1 Å². The number of carbonyl (C=O) groups excluding carboxylic acids is 2. The van der Waals surface area contributed by atoms with Crippen LogP contribution in [0.5, 0.6) is 11.5 Å². The maximum Gasteiger partial charge on any atom is 0.387 e. The molecule has 0 aliphatic carbocycles. The third-order valence-corrected chi connectivity index (χ3v) is 3.80. The summed E-state index contributed by atoms with van der Waals surface area (Å²) in [5.41, 5.74) is 1.98. The summed E-state index contributed by atoms with van der Waals surface area (Å²) in [7, 11) is 1.75. The lowest BCUT2D eigenvalue weighted by Crippen LogP contribution is -2.21. The summed E-state index contributed by atoms with van der Waals surface area (Å²) in [5.74, 6) is -1.56. The van der Waals surface area contributed by atoms with Crippen LogP contribution in [-0.4, -0.2) is 41.5 Å². The molecular weight excluding hydrogens is 376 g/mol. The van der Waals surface area contributed by atoms with Crippen LogP contribution in [0.1, 0.15) is 28.7 Å². The van der Waals surface area contributed by atoms with Crippen molar-refractivity contribution in [3.63, 3.8) is 0 Å². The molecule has 0 radical (unpaired) electrons. The average Bonchev–Trinajstić information content (AvgIpc) is 2.87. The zero-order valence-electron chi connectivity index (χ0n) is 15.9. The number of carbonyl (C=O) groups is 2. The third kappa shape index (κ3) is 5.18. The lowest BCUT2D eigenvalue weighted by molar-refractivity contribution is -0.119. The molecule has 0 saturated heterocycles. The van der Waals surface area contributed by atoms with Crippen LogP contribution in [0.3, 0.4) is 0 Å². The highest BCUT2D eigenvalue weighted by atomic mass is 19.3. The summed E-state index contributed by atoms with van der Waals surface area (Å²) in [4.78, 5) is 24.2. The number of hydrogen-bond acceptors (Lipinski definition) is 6. The van der Waals surface area contributed by atoms with Crippen molar-refractivity contribution in [3.8, 4) is 11.5 Å². The van der Waals surface area contributed by atoms with Crippen molar-refractivity contribution in [2.45, 2.75) is 27.4 Å². The van der Waals surface area contributed by atoms with Crippen LogP contribution in [-0.2, 0) is 16.6 Å². The summed E-state index contributed by atoms with van der Waals surface area (Å²) in [6, 6.07) is 3.64. The van der Waals surface area contributed by atoms with E-state index in [-0.39, 0.29) is 23.7 Å². The number of benzene rings is 1. The number of ether oxygens (including phenoxy) is 3. The van der Waals surface area contributed by atoms with Gasteiger partial charge in [-0.25, -0.2) is 4.79 Å². The molecule has 0 spiro atoms. The van der Waals surface area contributed by atoms with E-state index in [1.807, 2.05) is 0 Å². The van der Waals surface area contributed by atoms with Gasteiger partial charge in [0.15, 0.2) is 18.1 Å². The van der Waals surface area contributed by atoms with Crippen LogP contribution in [0.2, 0.25) is 0 Å². The first-order valence-corrected chi connectivity index (χ1v) is 8.41. The van der Waals surface area contributed by atoms with E-state index in [4.69, 9.17) is 9.47 Å². The molecule has 2 aromatic rings. The fourth-order valence-corrected chi connectivity index (χ4v) is 2.44. The lowest BCUT2D eigenvalue weighted by atomic mass is 10.2. The smallest absolute Gasteiger partial charge is 0.387 e. The molecule has 28 heavy (non-hydrogen) atoms. The van der Waals surface area contributed by atoms with Crippen molar-refractivity contribution in [1.82, 2.24) is 9.78 Å². The molecule has 1 aromatic heterocycles. The van der Waals surface area contributed by atoms with Crippen molar-refractivity contribution in [1.29, 1.82) is 0 Å². The molecule has 8 nitrogen and oxygen atoms in total. The van der Waals surface area contributed by atoms with Gasteiger partial charge in [0, 0.05) is 7.05 Å². The average molecular weight is 397 g/mol. The molecule has 1 aromatic carbocycles. The van der Waals surface area contributed by atoms with Crippen molar-refractivity contribution >= 4 is 17.6 Å². The molecule has 10 heteroatoms. The second kappa shape index (κ2) is 9.16. The summed E-state index contributed by atoms with van der Waals surface area (Å²) in [5, 5.41) is 6.82. The molecule has 0 unspecified atom stereocenters. The van der Waals surface area contributed by atoms with Gasteiger partial charge in [0.25, 0.3) is 5.91 Å². The maximum absolute atomic E-state index is 12.4. The summed E-state index contributed by atoms with van der Waals surface area (Å²) < 4.78 is 41.0. The Morgan fingerprint density at radius 2 is 1.96 bits per heavy atom. The van der Waals surface area contributed by atoms with Gasteiger partial charge in [-0.2, -0.15) is 13.9 Å². The van der Waals surface area contributed by atoms with Gasteiger partial charge in [-0.1, -0.05) is 0 Å². The molecule has 2 rings (SSSR count). The third-order valence-electron chi connectivity index (χ3n) is 3.80. The standard InChI is InChI=1S/C18H21F2N3O5/c1-5-26-14-8-12(6-7-13(14)28-18(19)20)17(25)27-9-15(24)21-16-10(2)22-23(4)11(16)3/h6-8,18H,5,9H2,1-4H3,(H,21,24). The molecular formula is C18H21F2N3O5. The van der Waals surface area contributed by atoms with E-state index in [2.05, 4.69) is 15.2 Å². The van der Waals surface area contributed by atoms with Gasteiger partial charge in [0.2, 0.25) is 0 Å². The largest absolute Gasteiger partial charge is 0.490 e. The summed E-state index contributed by atoms with van der Waals surface area (Å²) in [6.07, 6.45) is 0. The van der Waals surface area contributed by atoms with Gasteiger partial charge in [-0.15, -0.1) is 0 Å². The predicted octanol–water partition coefficient (Wildman–Crippen LogP) is 2.83. The highest BCUT2D eigenvalue weighted by Crippen LogP contribution is 2.30. The summed E-state index contributed by atoms with van der Waals surface area (Å²) in [6.45, 7) is 1.83. The van der Waals surface area contributed by atoms with Crippen LogP contribution in [0.4, 0.5) is 14.5 Å². The number of hydrogen-bond donors (Lipinski definition) is 1. The van der Waals surface area contributed by atoms with Crippen molar-refractivity contribution in [2.24, 2.45) is 7.05 Å². The van der Waals surface area contributed by atoms with Gasteiger partial charge in [-0.3, -0.25) is 9.48 Å².